The summed E-state index contributed by atoms with van der Waals surface area (Å²) in [6.45, 7) is 0.868. The van der Waals surface area contributed by atoms with Gasteiger partial charge in [0.25, 0.3) is 11.8 Å². The number of benzene rings is 1. The van der Waals surface area contributed by atoms with E-state index in [0.717, 1.165) is 4.90 Å². The number of ether oxygens (including phenoxy) is 1. The van der Waals surface area contributed by atoms with E-state index in [-0.39, 0.29) is 18.7 Å². The molecule has 1 atom stereocenters. The monoisotopic (exact) mass is 320 g/mol. The third-order valence-electron chi connectivity index (χ3n) is 3.21. The van der Waals surface area contributed by atoms with Crippen molar-refractivity contribution in [2.24, 2.45) is 0 Å². The summed E-state index contributed by atoms with van der Waals surface area (Å²) in [5.41, 5.74) is 0.196. The number of rotatable bonds is 5. The molecule has 0 saturated carbocycles. The Morgan fingerprint density at radius 1 is 1.26 bits per heavy atom. The molecule has 23 heavy (non-hydrogen) atoms. The van der Waals surface area contributed by atoms with Gasteiger partial charge in [-0.1, -0.05) is 18.2 Å². The Morgan fingerprint density at radius 3 is 2.52 bits per heavy atom. The highest BCUT2D eigenvalue weighted by molar-refractivity contribution is 6.19. The number of aliphatic hydroxyl groups excluding tert-OH is 1. The zero-order valence-electron chi connectivity index (χ0n) is 12.5. The molecule has 1 aliphatic rings. The van der Waals surface area contributed by atoms with Crippen LogP contribution < -0.4 is 0 Å². The van der Waals surface area contributed by atoms with E-state index >= 15 is 0 Å². The second-order valence-electron chi connectivity index (χ2n) is 4.83. The molecule has 0 aromatic heterocycles. The molecule has 1 aliphatic heterocycles. The molecule has 2 rings (SSSR count). The molecule has 8 heteroatoms. The van der Waals surface area contributed by atoms with Gasteiger partial charge in [-0.3, -0.25) is 9.59 Å². The van der Waals surface area contributed by atoms with Crippen LogP contribution in [0.25, 0.3) is 0 Å². The highest BCUT2D eigenvalue weighted by Crippen LogP contribution is 2.15. The lowest BCUT2D eigenvalue weighted by atomic mass is 10.2. The van der Waals surface area contributed by atoms with Gasteiger partial charge in [-0.25, -0.2) is 9.59 Å². The van der Waals surface area contributed by atoms with Crippen LogP contribution in [0.4, 0.5) is 4.79 Å². The first-order chi connectivity index (χ1) is 11.0. The average Bonchev–Trinajstić information content (AvgIpc) is 2.81. The van der Waals surface area contributed by atoms with Gasteiger partial charge in [0.2, 0.25) is 0 Å². The molecule has 1 fully saturated rings. The predicted molar refractivity (Wildman–Crippen MR) is 77.2 cm³/mol. The predicted octanol–water partition coefficient (Wildman–Crippen LogP) is 0.0150. The number of nitrogens with zero attached hydrogens (tertiary/aromatic N) is 2. The van der Waals surface area contributed by atoms with Crippen molar-refractivity contribution in [1.29, 1.82) is 0 Å². The summed E-state index contributed by atoms with van der Waals surface area (Å²) in [6, 6.07) is 7.03. The van der Waals surface area contributed by atoms with Crippen molar-refractivity contribution in [2.45, 2.75) is 13.0 Å². The van der Waals surface area contributed by atoms with Crippen molar-refractivity contribution in [3.63, 3.8) is 0 Å². The van der Waals surface area contributed by atoms with Crippen LogP contribution in [0.2, 0.25) is 0 Å². The number of hydrogen-bond acceptors (Lipinski definition) is 6. The fraction of sp³-hybridized carbons (Fsp3) is 0.333. The van der Waals surface area contributed by atoms with Gasteiger partial charge in [0.15, 0.2) is 6.10 Å². The topological polar surface area (TPSA) is 104 Å². The first kappa shape index (κ1) is 16.6. The van der Waals surface area contributed by atoms with Crippen LogP contribution in [0.15, 0.2) is 30.3 Å². The first-order valence-electron chi connectivity index (χ1n) is 7.01. The third-order valence-corrected chi connectivity index (χ3v) is 3.21. The molecule has 0 spiro atoms. The van der Waals surface area contributed by atoms with Crippen LogP contribution in [-0.2, 0) is 14.3 Å². The molecule has 1 N–H and O–H groups in total. The Bertz CT molecular complexity index is 630. The number of carbonyl (C=O) groups excluding carboxylic acids is 4. The Kier molecular flexibility index (Phi) is 5.07. The zero-order chi connectivity index (χ0) is 17.0. The minimum absolute atomic E-state index is 0.0847. The van der Waals surface area contributed by atoms with Gasteiger partial charge < -0.3 is 14.7 Å². The smallest absolute Gasteiger partial charge is 0.336 e. The highest BCUT2D eigenvalue weighted by atomic mass is 16.5. The Hall–Kier alpha value is -2.74. The number of hydrogen-bond donors (Lipinski definition) is 1. The van der Waals surface area contributed by atoms with Gasteiger partial charge in [0.1, 0.15) is 6.54 Å². The Labute approximate surface area is 132 Å². The molecule has 1 saturated heterocycles. The van der Waals surface area contributed by atoms with E-state index in [4.69, 9.17) is 0 Å². The number of esters is 1. The van der Waals surface area contributed by atoms with Crippen molar-refractivity contribution in [3.05, 3.63) is 35.9 Å². The Morgan fingerprint density at radius 2 is 1.91 bits per heavy atom. The minimum atomic E-state index is -1.57. The second kappa shape index (κ2) is 7.01. The van der Waals surface area contributed by atoms with Gasteiger partial charge in [0.05, 0.1) is 13.2 Å². The van der Waals surface area contributed by atoms with E-state index in [9.17, 15) is 24.3 Å². The minimum Gasteiger partial charge on any atom is -0.464 e. The zero-order valence-corrected chi connectivity index (χ0v) is 12.5. The molecule has 0 radical (unpaired) electrons. The standard InChI is InChI=1S/C15H16N2O6/c1-2-23-14(21)11(18)8-16-9-12(19)17(15(16)22)13(20)10-6-4-3-5-7-10/h3-7,11,18H,2,8-9H2,1H3. The maximum Gasteiger partial charge on any atom is 0.336 e. The van der Waals surface area contributed by atoms with Crippen molar-refractivity contribution in [2.75, 3.05) is 19.7 Å². The fourth-order valence-electron chi connectivity index (χ4n) is 2.12. The van der Waals surface area contributed by atoms with Gasteiger partial charge >= 0.3 is 12.0 Å². The van der Waals surface area contributed by atoms with Crippen molar-refractivity contribution in [1.82, 2.24) is 9.80 Å². The SMILES string of the molecule is CCOC(=O)C(O)CN1CC(=O)N(C(=O)c2ccccc2)C1=O. The van der Waals surface area contributed by atoms with E-state index < -0.39 is 36.5 Å². The van der Waals surface area contributed by atoms with Gasteiger partial charge in [-0.05, 0) is 19.1 Å². The molecule has 1 aromatic rings. The summed E-state index contributed by atoms with van der Waals surface area (Å²) in [5.74, 6) is -2.34. The largest absolute Gasteiger partial charge is 0.464 e. The number of imide groups is 3. The lowest BCUT2D eigenvalue weighted by Crippen LogP contribution is -2.42. The normalized spacial score (nSPS) is 15.7. The molecule has 122 valence electrons. The molecule has 0 aliphatic carbocycles. The Balaban J connectivity index is 2.08. The average molecular weight is 320 g/mol. The van der Waals surface area contributed by atoms with Gasteiger partial charge in [-0.15, -0.1) is 0 Å². The highest BCUT2D eigenvalue weighted by Gasteiger charge is 2.42. The molecule has 1 aromatic carbocycles. The second-order valence-corrected chi connectivity index (χ2v) is 4.83. The van der Waals surface area contributed by atoms with E-state index in [1.165, 1.54) is 12.1 Å². The molecular formula is C15H16N2O6. The summed E-state index contributed by atoms with van der Waals surface area (Å²) in [6.07, 6.45) is -1.57. The number of β-amino-alcohol motifs (C(OH)–C–C–N with tert-alkyl or cyclic N) is 1. The first-order valence-corrected chi connectivity index (χ1v) is 7.01. The van der Waals surface area contributed by atoms with Crippen molar-refractivity contribution in [3.8, 4) is 0 Å². The fourth-order valence-corrected chi connectivity index (χ4v) is 2.12. The van der Waals surface area contributed by atoms with Crippen molar-refractivity contribution < 1.29 is 29.0 Å². The van der Waals surface area contributed by atoms with E-state index in [2.05, 4.69) is 4.74 Å². The van der Waals surface area contributed by atoms with Gasteiger partial charge in [0, 0.05) is 5.56 Å². The molecule has 8 nitrogen and oxygen atoms in total. The summed E-state index contributed by atoms with van der Waals surface area (Å²) in [7, 11) is 0. The quantitative estimate of drug-likeness (QED) is 0.466. The van der Waals surface area contributed by atoms with E-state index in [1.807, 2.05) is 0 Å². The van der Waals surface area contributed by atoms with E-state index in [1.54, 1.807) is 25.1 Å². The number of aliphatic hydroxyl groups is 1. The third kappa shape index (κ3) is 3.54. The van der Waals surface area contributed by atoms with Crippen LogP contribution in [0.1, 0.15) is 17.3 Å². The molecule has 1 heterocycles. The summed E-state index contributed by atoms with van der Waals surface area (Å²) in [4.78, 5) is 49.2. The summed E-state index contributed by atoms with van der Waals surface area (Å²) >= 11 is 0. The van der Waals surface area contributed by atoms with Gasteiger partial charge in [-0.2, -0.15) is 4.90 Å². The lowest BCUT2D eigenvalue weighted by molar-refractivity contribution is -0.153. The maximum atomic E-state index is 12.2. The number of amides is 4. The van der Waals surface area contributed by atoms with Crippen LogP contribution in [0.5, 0.6) is 0 Å². The van der Waals surface area contributed by atoms with Crippen LogP contribution in [-0.4, -0.2) is 64.5 Å². The molecular weight excluding hydrogens is 304 g/mol. The molecule has 4 amide bonds. The van der Waals surface area contributed by atoms with Crippen LogP contribution in [0.3, 0.4) is 0 Å². The van der Waals surface area contributed by atoms with Crippen LogP contribution >= 0.6 is 0 Å². The molecule has 1 unspecified atom stereocenters. The number of carbonyl (C=O) groups is 4. The van der Waals surface area contributed by atoms with E-state index in [0.29, 0.717) is 4.90 Å². The van der Waals surface area contributed by atoms with Crippen molar-refractivity contribution >= 4 is 23.8 Å². The summed E-state index contributed by atoms with van der Waals surface area (Å²) < 4.78 is 4.63. The number of urea groups is 1. The lowest BCUT2D eigenvalue weighted by Gasteiger charge is -2.18. The van der Waals surface area contributed by atoms with Crippen LogP contribution in [0, 0.1) is 0 Å². The summed E-state index contributed by atoms with van der Waals surface area (Å²) in [5, 5.41) is 9.67. The maximum absolute atomic E-state index is 12.2. The molecule has 0 bridgehead atoms.